The number of hydrogen-bond donors (Lipinski definition) is 0. The highest BCUT2D eigenvalue weighted by Gasteiger charge is 2.27. The molecule has 0 N–H and O–H groups in total. The van der Waals surface area contributed by atoms with Gasteiger partial charge in [0.15, 0.2) is 13.2 Å². The van der Waals surface area contributed by atoms with Crippen LogP contribution in [0.3, 0.4) is 0 Å². The van der Waals surface area contributed by atoms with Gasteiger partial charge in [-0.1, -0.05) is 107 Å². The van der Waals surface area contributed by atoms with Gasteiger partial charge in [0.25, 0.3) is 11.8 Å². The molecule has 2 aromatic rings. The molecule has 0 saturated carbocycles. The first-order valence-electron chi connectivity index (χ1n) is 15.8. The van der Waals surface area contributed by atoms with Crippen LogP contribution in [0.4, 0.5) is 0 Å². The molecule has 0 radical (unpaired) electrons. The number of nitrogens with zero attached hydrogens (tertiary/aromatic N) is 2. The summed E-state index contributed by atoms with van der Waals surface area (Å²) in [5.41, 5.74) is 4.51. The third-order valence-corrected chi connectivity index (χ3v) is 8.21. The number of hydrogen-bond acceptors (Lipinski definition) is 4. The first-order valence-corrected chi connectivity index (χ1v) is 15.8. The lowest BCUT2D eigenvalue weighted by Crippen LogP contribution is -2.40. The zero-order chi connectivity index (χ0) is 32.4. The van der Waals surface area contributed by atoms with Gasteiger partial charge in [0.2, 0.25) is 0 Å². The van der Waals surface area contributed by atoms with Gasteiger partial charge in [-0.3, -0.25) is 9.59 Å². The normalized spacial score (nSPS) is 15.3. The van der Waals surface area contributed by atoms with E-state index < -0.39 is 0 Å². The van der Waals surface area contributed by atoms with Crippen LogP contribution in [0.1, 0.15) is 112 Å². The summed E-state index contributed by atoms with van der Waals surface area (Å²) in [5, 5.41) is 0. The Bertz CT molecular complexity index is 1190. The molecule has 1 saturated heterocycles. The fourth-order valence-corrected chi connectivity index (χ4v) is 5.29. The van der Waals surface area contributed by atoms with Crippen LogP contribution in [0.2, 0.25) is 0 Å². The van der Waals surface area contributed by atoms with Crippen LogP contribution in [0.25, 0.3) is 0 Å². The Morgan fingerprint density at radius 3 is 1.21 bits per heavy atom. The Balaban J connectivity index is 1.60. The van der Waals surface area contributed by atoms with Crippen LogP contribution in [0, 0.1) is 0 Å². The number of benzene rings is 2. The molecule has 0 unspecified atom stereocenters. The van der Waals surface area contributed by atoms with Gasteiger partial charge in [-0.15, -0.1) is 0 Å². The minimum Gasteiger partial charge on any atom is -0.483 e. The van der Waals surface area contributed by atoms with Crippen molar-refractivity contribution in [2.45, 2.75) is 111 Å². The Hall–Kier alpha value is -3.02. The lowest BCUT2D eigenvalue weighted by atomic mass is 9.80. The van der Waals surface area contributed by atoms with Gasteiger partial charge in [-0.25, -0.2) is 0 Å². The van der Waals surface area contributed by atoms with Gasteiger partial charge in [0.05, 0.1) is 0 Å². The molecule has 238 valence electrons. The molecule has 1 heterocycles. The fourth-order valence-electron chi connectivity index (χ4n) is 5.29. The molecule has 1 fully saturated rings. The Labute approximate surface area is 261 Å². The number of carbonyl (C=O) groups excluding carboxylic acids is 2. The van der Waals surface area contributed by atoms with Crippen LogP contribution in [0.15, 0.2) is 36.4 Å². The molecular weight excluding hydrogens is 536 g/mol. The third kappa shape index (κ3) is 9.23. The second-order valence-corrected chi connectivity index (χ2v) is 16.1. The minimum absolute atomic E-state index is 0.0187. The zero-order valence-corrected chi connectivity index (χ0v) is 28.9. The number of rotatable bonds is 6. The summed E-state index contributed by atoms with van der Waals surface area (Å²) < 4.78 is 12.3. The van der Waals surface area contributed by atoms with Crippen molar-refractivity contribution in [3.63, 3.8) is 0 Å². The fraction of sp³-hybridized carbons (Fsp3) is 0.622. The van der Waals surface area contributed by atoms with Crippen LogP contribution in [-0.2, 0) is 31.2 Å². The Morgan fingerprint density at radius 2 is 0.907 bits per heavy atom. The summed E-state index contributed by atoms with van der Waals surface area (Å²) >= 11 is 0. The predicted molar refractivity (Wildman–Crippen MR) is 176 cm³/mol. The Kier molecular flexibility index (Phi) is 10.4. The van der Waals surface area contributed by atoms with E-state index >= 15 is 0 Å². The molecular formula is C37H56N2O4. The first-order chi connectivity index (χ1) is 19.7. The number of amides is 2. The number of ether oxygens (including phenoxy) is 2. The van der Waals surface area contributed by atoms with E-state index in [0.717, 1.165) is 29.0 Å². The number of carbonyl (C=O) groups is 2. The molecule has 0 spiro atoms. The van der Waals surface area contributed by atoms with E-state index in [1.54, 1.807) is 0 Å². The van der Waals surface area contributed by atoms with Crippen LogP contribution in [0.5, 0.6) is 11.5 Å². The maximum atomic E-state index is 13.2. The first kappa shape index (κ1) is 34.5. The molecule has 1 aliphatic rings. The van der Waals surface area contributed by atoms with Gasteiger partial charge < -0.3 is 19.3 Å². The van der Waals surface area contributed by atoms with Crippen molar-refractivity contribution in [3.05, 3.63) is 58.7 Å². The van der Waals surface area contributed by atoms with Crippen LogP contribution < -0.4 is 9.47 Å². The zero-order valence-electron chi connectivity index (χ0n) is 28.9. The Morgan fingerprint density at radius 1 is 0.558 bits per heavy atom. The summed E-state index contributed by atoms with van der Waals surface area (Å²) in [6.07, 6.45) is 0.721. The van der Waals surface area contributed by atoms with E-state index in [4.69, 9.17) is 9.47 Å². The SMILES string of the molecule is CC(C)(C)c1ccc(OCC(=O)N2CCCN(C(=O)COc3ccc(C(C)(C)C)cc3C(C)(C)C)CC2)c(C(C)(C)C)c1. The van der Waals surface area contributed by atoms with Crippen LogP contribution >= 0.6 is 0 Å². The second-order valence-electron chi connectivity index (χ2n) is 16.1. The lowest BCUT2D eigenvalue weighted by Gasteiger charge is -2.28. The van der Waals surface area contributed by atoms with Gasteiger partial charge in [-0.05, 0) is 62.5 Å². The van der Waals surface area contributed by atoms with Crippen molar-refractivity contribution >= 4 is 11.8 Å². The highest BCUT2D eigenvalue weighted by Crippen LogP contribution is 2.37. The lowest BCUT2D eigenvalue weighted by molar-refractivity contribution is -0.135. The van der Waals surface area contributed by atoms with Gasteiger partial charge in [0.1, 0.15) is 11.5 Å². The van der Waals surface area contributed by atoms with E-state index in [-0.39, 0.29) is 46.7 Å². The molecule has 6 heteroatoms. The van der Waals surface area contributed by atoms with Crippen molar-refractivity contribution in [2.75, 3.05) is 39.4 Å². The van der Waals surface area contributed by atoms with Crippen molar-refractivity contribution in [1.82, 2.24) is 9.80 Å². The molecule has 6 nitrogen and oxygen atoms in total. The minimum atomic E-state index is -0.118. The van der Waals surface area contributed by atoms with Crippen LogP contribution in [-0.4, -0.2) is 61.0 Å². The standard InChI is InChI=1S/C37H56N2O4/c1-34(2,3)26-14-16-30(28(22-26)36(7,8)9)42-24-32(40)38-18-13-19-39(21-20-38)33(41)25-43-31-17-15-27(35(4,5)6)23-29(31)37(10,11)12/h14-17,22-23H,13,18-21,24-25H2,1-12H3. The summed E-state index contributed by atoms with van der Waals surface area (Å²) in [4.78, 5) is 30.0. The van der Waals surface area contributed by atoms with E-state index in [9.17, 15) is 9.59 Å². The molecule has 2 aromatic carbocycles. The van der Waals surface area contributed by atoms with Gasteiger partial charge >= 0.3 is 0 Å². The smallest absolute Gasteiger partial charge is 0.260 e. The monoisotopic (exact) mass is 592 g/mol. The van der Waals surface area contributed by atoms with Crippen molar-refractivity contribution < 1.29 is 19.1 Å². The van der Waals surface area contributed by atoms with Crippen molar-refractivity contribution in [3.8, 4) is 11.5 Å². The van der Waals surface area contributed by atoms with Crippen molar-refractivity contribution in [1.29, 1.82) is 0 Å². The molecule has 0 aliphatic carbocycles. The highest BCUT2D eigenvalue weighted by atomic mass is 16.5. The topological polar surface area (TPSA) is 59.1 Å². The molecule has 0 aromatic heterocycles. The molecule has 2 amide bonds. The average molecular weight is 593 g/mol. The largest absolute Gasteiger partial charge is 0.483 e. The molecule has 3 rings (SSSR count). The molecule has 1 aliphatic heterocycles. The quantitative estimate of drug-likeness (QED) is 0.351. The van der Waals surface area contributed by atoms with E-state index in [2.05, 4.69) is 107 Å². The summed E-state index contributed by atoms with van der Waals surface area (Å²) in [6.45, 7) is 28.3. The maximum Gasteiger partial charge on any atom is 0.260 e. The highest BCUT2D eigenvalue weighted by molar-refractivity contribution is 5.79. The van der Waals surface area contributed by atoms with E-state index in [1.165, 1.54) is 11.1 Å². The van der Waals surface area contributed by atoms with E-state index in [1.807, 2.05) is 21.9 Å². The van der Waals surface area contributed by atoms with Gasteiger partial charge in [-0.2, -0.15) is 0 Å². The predicted octanol–water partition coefficient (Wildman–Crippen LogP) is 7.40. The summed E-state index contributed by atoms with van der Waals surface area (Å²) in [5.74, 6) is 1.39. The van der Waals surface area contributed by atoms with Gasteiger partial charge in [0, 0.05) is 26.2 Å². The summed E-state index contributed by atoms with van der Waals surface area (Å²) in [7, 11) is 0. The van der Waals surface area contributed by atoms with E-state index in [0.29, 0.717) is 26.2 Å². The summed E-state index contributed by atoms with van der Waals surface area (Å²) in [6, 6.07) is 12.6. The molecule has 0 atom stereocenters. The van der Waals surface area contributed by atoms with Crippen molar-refractivity contribution in [2.24, 2.45) is 0 Å². The average Bonchev–Trinajstić information content (AvgIpc) is 3.14. The molecule has 0 bridgehead atoms. The third-order valence-electron chi connectivity index (χ3n) is 8.21. The molecule has 43 heavy (non-hydrogen) atoms. The maximum absolute atomic E-state index is 13.2. The second kappa shape index (κ2) is 12.9.